The zero-order chi connectivity index (χ0) is 15.4. The van der Waals surface area contributed by atoms with Gasteiger partial charge in [-0.3, -0.25) is 25.7 Å². The zero-order valence-corrected chi connectivity index (χ0v) is 11.8. The number of hydrogen-bond acceptors (Lipinski definition) is 6. The second kappa shape index (κ2) is 6.51. The molecule has 0 bridgehead atoms. The summed E-state index contributed by atoms with van der Waals surface area (Å²) in [6.45, 7) is 0.627. The second-order valence-corrected chi connectivity index (χ2v) is 5.23. The summed E-state index contributed by atoms with van der Waals surface area (Å²) in [6, 6.07) is 5.06. The molecule has 0 aliphatic heterocycles. The molecule has 0 saturated heterocycles. The third-order valence-electron chi connectivity index (χ3n) is 3.27. The number of para-hydroxylation sites is 1. The van der Waals surface area contributed by atoms with Crippen molar-refractivity contribution in [3.63, 3.8) is 0 Å². The molecule has 114 valence electrons. The van der Waals surface area contributed by atoms with E-state index in [9.17, 15) is 14.9 Å². The van der Waals surface area contributed by atoms with E-state index in [1.165, 1.54) is 6.07 Å². The van der Waals surface area contributed by atoms with Crippen molar-refractivity contribution < 1.29 is 9.72 Å². The van der Waals surface area contributed by atoms with Crippen molar-refractivity contribution in [2.45, 2.75) is 25.4 Å². The van der Waals surface area contributed by atoms with Gasteiger partial charge in [0, 0.05) is 18.7 Å². The van der Waals surface area contributed by atoms with Gasteiger partial charge in [0.25, 0.3) is 5.69 Å². The maximum absolute atomic E-state index is 11.7. The molecule has 2 rings (SSSR count). The van der Waals surface area contributed by atoms with E-state index >= 15 is 0 Å². The third-order valence-corrected chi connectivity index (χ3v) is 3.27. The first kappa shape index (κ1) is 15.2. The van der Waals surface area contributed by atoms with Crippen LogP contribution in [-0.4, -0.2) is 35.4 Å². The fraction of sp³-hybridized carbons (Fsp3) is 0.462. The number of nitrogens with one attached hydrogen (secondary N) is 2. The Bertz CT molecular complexity index is 545. The number of hydrogen-bond donors (Lipinski definition) is 3. The van der Waals surface area contributed by atoms with E-state index in [0.29, 0.717) is 18.2 Å². The molecule has 1 aromatic rings. The van der Waals surface area contributed by atoms with Gasteiger partial charge in [-0.25, -0.2) is 0 Å². The molecule has 4 N–H and O–H groups in total. The van der Waals surface area contributed by atoms with Crippen LogP contribution in [0.4, 0.5) is 11.4 Å². The van der Waals surface area contributed by atoms with Crippen molar-refractivity contribution in [2.75, 3.05) is 19.0 Å². The molecule has 1 aromatic carbocycles. The number of benzene rings is 1. The summed E-state index contributed by atoms with van der Waals surface area (Å²) >= 11 is 0. The van der Waals surface area contributed by atoms with Crippen molar-refractivity contribution in [3.05, 3.63) is 33.9 Å². The number of nitro groups is 1. The van der Waals surface area contributed by atoms with E-state index in [1.807, 2.05) is 0 Å². The van der Waals surface area contributed by atoms with Gasteiger partial charge in [0.05, 0.1) is 11.5 Å². The maximum Gasteiger partial charge on any atom is 0.293 e. The normalized spacial score (nSPS) is 14.0. The number of nitrogens with two attached hydrogens (primary N) is 1. The predicted molar refractivity (Wildman–Crippen MR) is 78.4 cm³/mol. The highest BCUT2D eigenvalue weighted by molar-refractivity contribution is 5.78. The first-order chi connectivity index (χ1) is 10.0. The first-order valence-corrected chi connectivity index (χ1v) is 6.72. The minimum absolute atomic E-state index is 0.0345. The van der Waals surface area contributed by atoms with Crippen molar-refractivity contribution in [2.24, 2.45) is 5.84 Å². The Morgan fingerprint density at radius 3 is 2.81 bits per heavy atom. The minimum Gasteiger partial charge on any atom is -0.352 e. The lowest BCUT2D eigenvalue weighted by Gasteiger charge is -2.18. The smallest absolute Gasteiger partial charge is 0.293 e. The summed E-state index contributed by atoms with van der Waals surface area (Å²) in [7, 11) is 1.78. The van der Waals surface area contributed by atoms with Crippen molar-refractivity contribution in [3.8, 4) is 0 Å². The number of hydrazine groups is 1. The number of rotatable bonds is 7. The van der Waals surface area contributed by atoms with Crippen LogP contribution in [-0.2, 0) is 11.3 Å². The summed E-state index contributed by atoms with van der Waals surface area (Å²) in [6.07, 6.45) is 2.09. The van der Waals surface area contributed by atoms with Gasteiger partial charge in [0.15, 0.2) is 0 Å². The van der Waals surface area contributed by atoms with E-state index in [0.717, 1.165) is 12.8 Å². The molecule has 1 saturated carbocycles. The predicted octanol–water partition coefficient (Wildman–Crippen LogP) is 0.591. The Morgan fingerprint density at radius 2 is 2.24 bits per heavy atom. The average Bonchev–Trinajstić information content (AvgIpc) is 3.21. The molecule has 1 amide bonds. The van der Waals surface area contributed by atoms with Crippen LogP contribution >= 0.6 is 0 Å². The van der Waals surface area contributed by atoms with Crippen LogP contribution in [0.15, 0.2) is 18.2 Å². The van der Waals surface area contributed by atoms with Crippen LogP contribution in [0.5, 0.6) is 0 Å². The Kier molecular flexibility index (Phi) is 4.71. The van der Waals surface area contributed by atoms with Gasteiger partial charge in [0.1, 0.15) is 5.69 Å². The van der Waals surface area contributed by atoms with Crippen molar-refractivity contribution in [1.29, 1.82) is 0 Å². The molecule has 0 radical (unpaired) electrons. The third kappa shape index (κ3) is 4.14. The van der Waals surface area contributed by atoms with Crippen LogP contribution in [0.2, 0.25) is 0 Å². The lowest BCUT2D eigenvalue weighted by Crippen LogP contribution is -2.36. The molecule has 1 aliphatic rings. The van der Waals surface area contributed by atoms with Crippen LogP contribution in [0, 0.1) is 10.1 Å². The number of nitrogens with zero attached hydrogens (tertiary/aromatic N) is 2. The van der Waals surface area contributed by atoms with Gasteiger partial charge < -0.3 is 10.7 Å². The summed E-state index contributed by atoms with van der Waals surface area (Å²) in [4.78, 5) is 24.0. The summed E-state index contributed by atoms with van der Waals surface area (Å²) in [5.41, 5.74) is 3.25. The molecule has 0 spiro atoms. The SMILES string of the molecule is CN(CC(=O)NC1CC1)Cc1cccc([N+](=O)[O-])c1NN. The topological polar surface area (TPSA) is 114 Å². The maximum atomic E-state index is 11.7. The van der Waals surface area contributed by atoms with Gasteiger partial charge in [0.2, 0.25) is 5.91 Å². The lowest BCUT2D eigenvalue weighted by atomic mass is 10.1. The molecule has 0 aromatic heterocycles. The lowest BCUT2D eigenvalue weighted by molar-refractivity contribution is -0.384. The van der Waals surface area contributed by atoms with E-state index in [-0.39, 0.29) is 23.8 Å². The Morgan fingerprint density at radius 1 is 1.52 bits per heavy atom. The van der Waals surface area contributed by atoms with Crippen LogP contribution in [0.3, 0.4) is 0 Å². The number of amides is 1. The molecule has 1 fully saturated rings. The standard InChI is InChI=1S/C13H19N5O3/c1-17(8-12(19)15-10-5-6-10)7-9-3-2-4-11(18(20)21)13(9)16-14/h2-4,10,16H,5-8,14H2,1H3,(H,15,19). The Labute approximate surface area is 122 Å². The number of nitrogen functional groups attached to an aromatic ring is 1. The van der Waals surface area contributed by atoms with E-state index < -0.39 is 4.92 Å². The zero-order valence-electron chi connectivity index (χ0n) is 11.8. The van der Waals surface area contributed by atoms with Gasteiger partial charge in [-0.15, -0.1) is 0 Å². The fourth-order valence-corrected chi connectivity index (χ4v) is 2.13. The monoisotopic (exact) mass is 293 g/mol. The highest BCUT2D eigenvalue weighted by Gasteiger charge is 2.24. The average molecular weight is 293 g/mol. The molecule has 21 heavy (non-hydrogen) atoms. The highest BCUT2D eigenvalue weighted by Crippen LogP contribution is 2.28. The quantitative estimate of drug-likeness (QED) is 0.385. The Hall–Kier alpha value is -2.19. The number of carbonyl (C=O) groups is 1. The molecular formula is C13H19N5O3. The summed E-state index contributed by atoms with van der Waals surface area (Å²) in [5, 5.41) is 13.9. The molecule has 0 atom stereocenters. The van der Waals surface area contributed by atoms with Gasteiger partial charge in [-0.05, 0) is 25.5 Å². The largest absolute Gasteiger partial charge is 0.352 e. The van der Waals surface area contributed by atoms with E-state index in [2.05, 4.69) is 10.7 Å². The van der Waals surface area contributed by atoms with Gasteiger partial charge in [-0.2, -0.15) is 0 Å². The van der Waals surface area contributed by atoms with E-state index in [4.69, 9.17) is 5.84 Å². The molecule has 1 aliphatic carbocycles. The van der Waals surface area contributed by atoms with Gasteiger partial charge >= 0.3 is 0 Å². The summed E-state index contributed by atoms with van der Waals surface area (Å²) < 4.78 is 0. The van der Waals surface area contributed by atoms with Gasteiger partial charge in [-0.1, -0.05) is 12.1 Å². The molecule has 0 heterocycles. The van der Waals surface area contributed by atoms with Crippen molar-refractivity contribution >= 4 is 17.3 Å². The molecule has 8 heteroatoms. The number of nitro benzene ring substituents is 1. The summed E-state index contributed by atoms with van der Waals surface area (Å²) in [5.74, 6) is 5.35. The number of carbonyl (C=O) groups excluding carboxylic acids is 1. The fourth-order valence-electron chi connectivity index (χ4n) is 2.13. The molecular weight excluding hydrogens is 274 g/mol. The minimum atomic E-state index is -0.488. The van der Waals surface area contributed by atoms with E-state index in [1.54, 1.807) is 24.1 Å². The van der Waals surface area contributed by atoms with Crippen LogP contribution < -0.4 is 16.6 Å². The second-order valence-electron chi connectivity index (χ2n) is 5.23. The Balaban J connectivity index is 2.02. The first-order valence-electron chi connectivity index (χ1n) is 6.72. The number of anilines is 1. The number of likely N-dealkylation sites (N-methyl/N-ethyl adjacent to an activating group) is 1. The molecule has 8 nitrogen and oxygen atoms in total. The van der Waals surface area contributed by atoms with Crippen LogP contribution in [0.1, 0.15) is 18.4 Å². The highest BCUT2D eigenvalue weighted by atomic mass is 16.6. The van der Waals surface area contributed by atoms with Crippen LogP contribution in [0.25, 0.3) is 0 Å². The molecule has 0 unspecified atom stereocenters. The van der Waals surface area contributed by atoms with Crippen molar-refractivity contribution in [1.82, 2.24) is 10.2 Å².